The highest BCUT2D eigenvalue weighted by Crippen LogP contribution is 2.30. The summed E-state index contributed by atoms with van der Waals surface area (Å²) in [5.41, 5.74) is 6.23. The predicted octanol–water partition coefficient (Wildman–Crippen LogP) is 2.37. The Hall–Kier alpha value is -1.14. The normalized spacial score (nSPS) is 10.2. The van der Waals surface area contributed by atoms with Crippen LogP contribution in [0.1, 0.15) is 0 Å². The molecule has 0 aliphatic rings. The summed E-state index contributed by atoms with van der Waals surface area (Å²) in [7, 11) is 0. The topological polar surface area (TPSA) is 64.7 Å². The molecule has 0 aromatic carbocycles. The van der Waals surface area contributed by atoms with E-state index < -0.39 is 0 Å². The fourth-order valence-corrected chi connectivity index (χ4v) is 2.25. The van der Waals surface area contributed by atoms with E-state index in [0.29, 0.717) is 5.69 Å². The first-order valence-electron chi connectivity index (χ1n) is 4.10. The summed E-state index contributed by atoms with van der Waals surface area (Å²) in [6.45, 7) is 0. The third kappa shape index (κ3) is 2.66. The second kappa shape index (κ2) is 4.59. The van der Waals surface area contributed by atoms with Crippen LogP contribution in [0.4, 0.5) is 5.69 Å². The molecule has 6 heteroatoms. The minimum absolute atomic E-state index is 0.633. The van der Waals surface area contributed by atoms with E-state index in [0.717, 1.165) is 14.5 Å². The van der Waals surface area contributed by atoms with Crippen molar-refractivity contribution in [2.75, 3.05) is 5.73 Å². The number of aromatic nitrogens is 3. The molecule has 2 aromatic rings. The third-order valence-electron chi connectivity index (χ3n) is 1.58. The Morgan fingerprint density at radius 1 is 1.33 bits per heavy atom. The van der Waals surface area contributed by atoms with Gasteiger partial charge in [0.05, 0.1) is 16.4 Å². The Morgan fingerprint density at radius 2 is 2.20 bits per heavy atom. The van der Waals surface area contributed by atoms with Gasteiger partial charge in [0.1, 0.15) is 16.4 Å². The van der Waals surface area contributed by atoms with Crippen LogP contribution in [-0.2, 0) is 0 Å². The molecule has 2 aromatic heterocycles. The summed E-state index contributed by atoms with van der Waals surface area (Å²) in [4.78, 5) is 12.1. The van der Waals surface area contributed by atoms with E-state index in [9.17, 15) is 0 Å². The zero-order valence-corrected chi connectivity index (χ0v) is 9.99. The molecule has 0 saturated carbocycles. The molecule has 0 spiro atoms. The number of pyridine rings is 1. The van der Waals surface area contributed by atoms with Crippen molar-refractivity contribution in [3.05, 3.63) is 35.3 Å². The first-order valence-corrected chi connectivity index (χ1v) is 5.71. The zero-order valence-electron chi connectivity index (χ0n) is 7.59. The number of nitrogen functional groups attached to an aromatic ring is 1. The molecule has 0 radical (unpaired) electrons. The molecule has 0 saturated heterocycles. The van der Waals surface area contributed by atoms with Crippen LogP contribution in [0, 0.1) is 0 Å². The highest BCUT2D eigenvalue weighted by Gasteiger charge is 2.04. The number of rotatable bonds is 2. The van der Waals surface area contributed by atoms with Crippen molar-refractivity contribution in [3.8, 4) is 0 Å². The molecule has 0 fully saturated rings. The van der Waals surface area contributed by atoms with Crippen molar-refractivity contribution >= 4 is 33.4 Å². The maximum atomic E-state index is 5.59. The molecular weight excluding hydrogens is 276 g/mol. The Bertz CT molecular complexity index is 463. The Morgan fingerprint density at radius 3 is 2.87 bits per heavy atom. The predicted molar refractivity (Wildman–Crippen MR) is 62.5 cm³/mol. The van der Waals surface area contributed by atoms with E-state index in [2.05, 4.69) is 30.9 Å². The molecule has 2 rings (SSSR count). The smallest absolute Gasteiger partial charge is 0.117 e. The lowest BCUT2D eigenvalue weighted by molar-refractivity contribution is 1.03. The lowest BCUT2D eigenvalue weighted by Crippen LogP contribution is -1.89. The van der Waals surface area contributed by atoms with Crippen molar-refractivity contribution in [2.24, 2.45) is 0 Å². The minimum Gasteiger partial charge on any atom is -0.397 e. The largest absolute Gasteiger partial charge is 0.397 e. The molecule has 0 amide bonds. The standard InChI is InChI=1S/C9H7BrN4S/c10-7-3-6(11)4-13-9(7)15-8-1-2-12-5-14-8/h1-5H,11H2. The lowest BCUT2D eigenvalue weighted by atomic mass is 10.4. The quantitative estimate of drug-likeness (QED) is 0.857. The summed E-state index contributed by atoms with van der Waals surface area (Å²) >= 11 is 4.86. The van der Waals surface area contributed by atoms with Crippen LogP contribution in [0.5, 0.6) is 0 Å². The van der Waals surface area contributed by atoms with Gasteiger partial charge in [0.25, 0.3) is 0 Å². The summed E-state index contributed by atoms with van der Waals surface area (Å²) < 4.78 is 0.867. The van der Waals surface area contributed by atoms with Gasteiger partial charge in [0.15, 0.2) is 0 Å². The fraction of sp³-hybridized carbons (Fsp3) is 0. The van der Waals surface area contributed by atoms with Gasteiger partial charge in [-0.2, -0.15) is 0 Å². The Labute approximate surface area is 99.5 Å². The minimum atomic E-state index is 0.633. The molecule has 0 unspecified atom stereocenters. The highest BCUT2D eigenvalue weighted by atomic mass is 79.9. The highest BCUT2D eigenvalue weighted by molar-refractivity contribution is 9.10. The summed E-state index contributed by atoms with van der Waals surface area (Å²) in [5, 5.41) is 1.69. The first kappa shape index (κ1) is 10.4. The SMILES string of the molecule is Nc1cnc(Sc2ccncn2)c(Br)c1. The van der Waals surface area contributed by atoms with Gasteiger partial charge in [-0.1, -0.05) is 0 Å². The van der Waals surface area contributed by atoms with Gasteiger partial charge >= 0.3 is 0 Å². The second-order valence-electron chi connectivity index (χ2n) is 2.71. The average molecular weight is 283 g/mol. The fourth-order valence-electron chi connectivity index (χ4n) is 0.953. The monoisotopic (exact) mass is 282 g/mol. The molecular formula is C9H7BrN4S. The number of halogens is 1. The van der Waals surface area contributed by atoms with Gasteiger partial charge in [-0.15, -0.1) is 0 Å². The van der Waals surface area contributed by atoms with Crippen LogP contribution < -0.4 is 5.73 Å². The van der Waals surface area contributed by atoms with E-state index in [1.165, 1.54) is 18.1 Å². The van der Waals surface area contributed by atoms with Crippen molar-refractivity contribution in [2.45, 2.75) is 10.1 Å². The Balaban J connectivity index is 2.25. The third-order valence-corrected chi connectivity index (χ3v) is 3.42. The number of anilines is 1. The molecule has 2 N–H and O–H groups in total. The maximum Gasteiger partial charge on any atom is 0.117 e. The van der Waals surface area contributed by atoms with Crippen molar-refractivity contribution in [3.63, 3.8) is 0 Å². The van der Waals surface area contributed by atoms with E-state index in [1.807, 2.05) is 12.1 Å². The van der Waals surface area contributed by atoms with E-state index in [1.54, 1.807) is 12.4 Å². The number of nitrogens with zero attached hydrogens (tertiary/aromatic N) is 3. The molecule has 0 aliphatic heterocycles. The van der Waals surface area contributed by atoms with Crippen LogP contribution >= 0.6 is 27.7 Å². The maximum absolute atomic E-state index is 5.59. The van der Waals surface area contributed by atoms with Gasteiger partial charge in [-0.3, -0.25) is 0 Å². The molecule has 0 bridgehead atoms. The van der Waals surface area contributed by atoms with E-state index >= 15 is 0 Å². The van der Waals surface area contributed by atoms with Gasteiger partial charge in [0, 0.05) is 6.20 Å². The summed E-state index contributed by atoms with van der Waals surface area (Å²) in [6, 6.07) is 3.64. The Kier molecular flexibility index (Phi) is 3.17. The molecule has 0 atom stereocenters. The van der Waals surface area contributed by atoms with E-state index in [4.69, 9.17) is 5.73 Å². The van der Waals surface area contributed by atoms with Gasteiger partial charge < -0.3 is 5.73 Å². The number of nitrogens with two attached hydrogens (primary N) is 1. The van der Waals surface area contributed by atoms with Crippen molar-refractivity contribution < 1.29 is 0 Å². The second-order valence-corrected chi connectivity index (χ2v) is 4.57. The summed E-state index contributed by atoms with van der Waals surface area (Å²) in [6.07, 6.45) is 4.82. The van der Waals surface area contributed by atoms with Crippen LogP contribution in [0.2, 0.25) is 0 Å². The van der Waals surface area contributed by atoms with E-state index in [-0.39, 0.29) is 0 Å². The van der Waals surface area contributed by atoms with Crippen molar-refractivity contribution in [1.82, 2.24) is 15.0 Å². The zero-order chi connectivity index (χ0) is 10.7. The van der Waals surface area contributed by atoms with Crippen molar-refractivity contribution in [1.29, 1.82) is 0 Å². The summed E-state index contributed by atoms with van der Waals surface area (Å²) in [5.74, 6) is 0. The molecule has 15 heavy (non-hydrogen) atoms. The van der Waals surface area contributed by atoms with Gasteiger partial charge in [-0.25, -0.2) is 15.0 Å². The number of hydrogen-bond acceptors (Lipinski definition) is 5. The van der Waals surface area contributed by atoms with Gasteiger partial charge in [0.2, 0.25) is 0 Å². The lowest BCUT2D eigenvalue weighted by Gasteiger charge is -2.02. The van der Waals surface area contributed by atoms with Crippen LogP contribution in [0.3, 0.4) is 0 Å². The van der Waals surface area contributed by atoms with Crippen LogP contribution in [-0.4, -0.2) is 15.0 Å². The van der Waals surface area contributed by atoms with Crippen LogP contribution in [0.25, 0.3) is 0 Å². The molecule has 4 nitrogen and oxygen atoms in total. The first-order chi connectivity index (χ1) is 7.25. The average Bonchev–Trinajstić information content (AvgIpc) is 2.24. The molecule has 2 heterocycles. The van der Waals surface area contributed by atoms with Gasteiger partial charge in [-0.05, 0) is 39.8 Å². The molecule has 0 aliphatic carbocycles. The number of hydrogen-bond donors (Lipinski definition) is 1. The van der Waals surface area contributed by atoms with Crippen LogP contribution in [0.15, 0.2) is 45.4 Å². The molecule has 76 valence electrons.